The summed E-state index contributed by atoms with van der Waals surface area (Å²) in [6, 6.07) is 12.2. The fraction of sp³-hybridized carbons (Fsp3) is 0.682. The molecule has 148 valence electrons. The smallest absolute Gasteiger partial charge is 0.222 e. The van der Waals surface area contributed by atoms with Gasteiger partial charge in [0.2, 0.25) is 5.91 Å². The first-order chi connectivity index (χ1) is 13.3. The highest BCUT2D eigenvalue weighted by atomic mass is 16.5. The van der Waals surface area contributed by atoms with Crippen molar-refractivity contribution in [3.05, 3.63) is 35.9 Å². The Kier molecular flexibility index (Phi) is 6.43. The second-order valence-corrected chi connectivity index (χ2v) is 8.24. The molecule has 27 heavy (non-hydrogen) atoms. The van der Waals surface area contributed by atoms with Crippen LogP contribution in [0.5, 0.6) is 0 Å². The van der Waals surface area contributed by atoms with Crippen LogP contribution in [0.1, 0.15) is 43.6 Å². The third kappa shape index (κ3) is 5.31. The van der Waals surface area contributed by atoms with Gasteiger partial charge in [-0.05, 0) is 50.9 Å². The minimum absolute atomic E-state index is 0.301. The SMILES string of the molecule is O=C(CCCN1CCC(N[C@@H]2C[C@@H]2c2ccccc2)CC1)N1CCOCC1. The number of nitrogens with zero attached hydrogens (tertiary/aromatic N) is 2. The number of hydrogen-bond donors (Lipinski definition) is 1. The van der Waals surface area contributed by atoms with Crippen molar-refractivity contribution in [3.8, 4) is 0 Å². The van der Waals surface area contributed by atoms with Crippen molar-refractivity contribution in [1.82, 2.24) is 15.1 Å². The first-order valence-corrected chi connectivity index (χ1v) is 10.7. The molecule has 1 aliphatic carbocycles. The van der Waals surface area contributed by atoms with E-state index in [2.05, 4.69) is 40.5 Å². The van der Waals surface area contributed by atoms with Crippen LogP contribution in [0.15, 0.2) is 30.3 Å². The van der Waals surface area contributed by atoms with Crippen LogP contribution in [0.2, 0.25) is 0 Å². The standard InChI is InChI=1S/C22H33N3O2/c26-22(25-13-15-27-16-14-25)7-4-10-24-11-8-19(9-12-24)23-21-17-20(21)18-5-2-1-3-6-18/h1-3,5-6,19-21,23H,4,7-17H2/t20-,21-/m1/s1. The van der Waals surface area contributed by atoms with Crippen LogP contribution in [0.3, 0.4) is 0 Å². The summed E-state index contributed by atoms with van der Waals surface area (Å²) in [5.41, 5.74) is 1.48. The molecule has 5 nitrogen and oxygen atoms in total. The number of benzene rings is 1. The molecule has 1 aromatic carbocycles. The number of carbonyl (C=O) groups is 1. The van der Waals surface area contributed by atoms with Crippen LogP contribution < -0.4 is 5.32 Å². The summed E-state index contributed by atoms with van der Waals surface area (Å²) in [5, 5.41) is 3.88. The van der Waals surface area contributed by atoms with Gasteiger partial charge in [0.05, 0.1) is 13.2 Å². The van der Waals surface area contributed by atoms with Gasteiger partial charge in [-0.3, -0.25) is 4.79 Å². The lowest BCUT2D eigenvalue weighted by atomic mass is 10.0. The van der Waals surface area contributed by atoms with Gasteiger partial charge in [0.1, 0.15) is 0 Å². The topological polar surface area (TPSA) is 44.8 Å². The minimum Gasteiger partial charge on any atom is -0.378 e. The van der Waals surface area contributed by atoms with E-state index in [-0.39, 0.29) is 0 Å². The van der Waals surface area contributed by atoms with E-state index in [9.17, 15) is 4.79 Å². The number of carbonyl (C=O) groups excluding carboxylic acids is 1. The van der Waals surface area contributed by atoms with Crippen molar-refractivity contribution in [1.29, 1.82) is 0 Å². The molecular weight excluding hydrogens is 338 g/mol. The van der Waals surface area contributed by atoms with E-state index in [1.807, 2.05) is 4.90 Å². The van der Waals surface area contributed by atoms with E-state index in [0.717, 1.165) is 45.1 Å². The van der Waals surface area contributed by atoms with Gasteiger partial charge in [-0.15, -0.1) is 0 Å². The number of rotatable bonds is 7. The van der Waals surface area contributed by atoms with Gasteiger partial charge in [-0.2, -0.15) is 0 Å². The molecular formula is C22H33N3O2. The average Bonchev–Trinajstić information content (AvgIpc) is 3.50. The van der Waals surface area contributed by atoms with Gasteiger partial charge in [0.15, 0.2) is 0 Å². The molecule has 5 heteroatoms. The molecule has 3 aliphatic rings. The fourth-order valence-electron chi connectivity index (χ4n) is 4.50. The van der Waals surface area contributed by atoms with Gasteiger partial charge in [-0.1, -0.05) is 30.3 Å². The molecule has 2 saturated heterocycles. The average molecular weight is 372 g/mol. The maximum Gasteiger partial charge on any atom is 0.222 e. The molecule has 0 unspecified atom stereocenters. The Hall–Kier alpha value is -1.43. The van der Waals surface area contributed by atoms with Gasteiger partial charge < -0.3 is 19.9 Å². The van der Waals surface area contributed by atoms with E-state index in [4.69, 9.17) is 4.74 Å². The first kappa shape index (κ1) is 18.9. The largest absolute Gasteiger partial charge is 0.378 e. The van der Waals surface area contributed by atoms with Gasteiger partial charge in [0, 0.05) is 37.5 Å². The quantitative estimate of drug-likeness (QED) is 0.798. The highest BCUT2D eigenvalue weighted by Gasteiger charge is 2.39. The highest BCUT2D eigenvalue weighted by molar-refractivity contribution is 5.76. The predicted octanol–water partition coefficient (Wildman–Crippen LogP) is 2.24. The number of hydrogen-bond acceptors (Lipinski definition) is 4. The molecule has 3 fully saturated rings. The number of nitrogens with one attached hydrogen (secondary N) is 1. The van der Waals surface area contributed by atoms with E-state index in [1.54, 1.807) is 0 Å². The first-order valence-electron chi connectivity index (χ1n) is 10.7. The summed E-state index contributed by atoms with van der Waals surface area (Å²) in [4.78, 5) is 16.7. The Balaban J connectivity index is 1.09. The number of amides is 1. The van der Waals surface area contributed by atoms with E-state index < -0.39 is 0 Å². The molecule has 1 aromatic rings. The van der Waals surface area contributed by atoms with Crippen molar-refractivity contribution in [2.75, 3.05) is 45.9 Å². The van der Waals surface area contributed by atoms with Crippen LogP contribution >= 0.6 is 0 Å². The zero-order chi connectivity index (χ0) is 18.5. The van der Waals surface area contributed by atoms with Crippen molar-refractivity contribution in [2.24, 2.45) is 0 Å². The van der Waals surface area contributed by atoms with Crippen molar-refractivity contribution in [3.63, 3.8) is 0 Å². The summed E-state index contributed by atoms with van der Waals surface area (Å²) >= 11 is 0. The van der Waals surface area contributed by atoms with Crippen LogP contribution in [0, 0.1) is 0 Å². The van der Waals surface area contributed by atoms with E-state index in [0.29, 0.717) is 37.6 Å². The van der Waals surface area contributed by atoms with Crippen molar-refractivity contribution >= 4 is 5.91 Å². The number of piperidine rings is 1. The molecule has 2 heterocycles. The minimum atomic E-state index is 0.301. The third-order valence-electron chi connectivity index (χ3n) is 6.28. The molecule has 4 rings (SSSR count). The lowest BCUT2D eigenvalue weighted by molar-refractivity contribution is -0.135. The molecule has 1 N–H and O–H groups in total. The molecule has 0 spiro atoms. The van der Waals surface area contributed by atoms with Crippen LogP contribution in [-0.4, -0.2) is 73.7 Å². The van der Waals surface area contributed by atoms with Crippen molar-refractivity contribution in [2.45, 2.75) is 50.1 Å². The normalized spacial score (nSPS) is 26.9. The summed E-state index contributed by atoms with van der Waals surface area (Å²) in [6.07, 6.45) is 5.41. The lowest BCUT2D eigenvalue weighted by Crippen LogP contribution is -2.44. The zero-order valence-electron chi connectivity index (χ0n) is 16.3. The Morgan fingerprint density at radius 1 is 1.07 bits per heavy atom. The number of likely N-dealkylation sites (tertiary alicyclic amines) is 1. The second kappa shape index (κ2) is 9.18. The maximum absolute atomic E-state index is 12.2. The summed E-state index contributed by atoms with van der Waals surface area (Å²) in [7, 11) is 0. The maximum atomic E-state index is 12.2. The van der Waals surface area contributed by atoms with Crippen molar-refractivity contribution < 1.29 is 9.53 Å². The van der Waals surface area contributed by atoms with Gasteiger partial charge >= 0.3 is 0 Å². The molecule has 0 aromatic heterocycles. The Labute approximate surface area is 163 Å². The van der Waals surface area contributed by atoms with Gasteiger partial charge in [-0.25, -0.2) is 0 Å². The summed E-state index contributed by atoms with van der Waals surface area (Å²) in [5.74, 6) is 1.02. The Bertz CT molecular complexity index is 595. The molecule has 2 atom stereocenters. The van der Waals surface area contributed by atoms with Crippen LogP contribution in [0.25, 0.3) is 0 Å². The van der Waals surface area contributed by atoms with E-state index in [1.165, 1.54) is 24.8 Å². The predicted molar refractivity (Wildman–Crippen MR) is 107 cm³/mol. The molecule has 0 radical (unpaired) electrons. The fourth-order valence-corrected chi connectivity index (χ4v) is 4.50. The monoisotopic (exact) mass is 371 g/mol. The number of morpholine rings is 1. The second-order valence-electron chi connectivity index (χ2n) is 8.24. The molecule has 0 bridgehead atoms. The lowest BCUT2D eigenvalue weighted by Gasteiger charge is -2.33. The molecule has 2 aliphatic heterocycles. The Morgan fingerprint density at radius 3 is 2.56 bits per heavy atom. The number of ether oxygens (including phenoxy) is 1. The third-order valence-corrected chi connectivity index (χ3v) is 6.28. The molecule has 1 saturated carbocycles. The Morgan fingerprint density at radius 2 is 1.81 bits per heavy atom. The summed E-state index contributed by atoms with van der Waals surface area (Å²) < 4.78 is 5.31. The highest BCUT2D eigenvalue weighted by Crippen LogP contribution is 2.41. The zero-order valence-corrected chi connectivity index (χ0v) is 16.3. The molecule has 1 amide bonds. The van der Waals surface area contributed by atoms with Gasteiger partial charge in [0.25, 0.3) is 0 Å². The summed E-state index contributed by atoms with van der Waals surface area (Å²) in [6.45, 7) is 6.29. The van der Waals surface area contributed by atoms with Crippen LogP contribution in [-0.2, 0) is 9.53 Å². The van der Waals surface area contributed by atoms with E-state index >= 15 is 0 Å². The van der Waals surface area contributed by atoms with Crippen LogP contribution in [0.4, 0.5) is 0 Å².